The number of ether oxygens (including phenoxy) is 1. The molecule has 2 rings (SSSR count). The van der Waals surface area contributed by atoms with Crippen LogP contribution in [0.4, 0.5) is 0 Å². The van der Waals surface area contributed by atoms with Gasteiger partial charge in [-0.3, -0.25) is 0 Å². The number of methoxy groups -OCH3 is 1. The van der Waals surface area contributed by atoms with Gasteiger partial charge in [0.05, 0.1) is 13.2 Å². The molecule has 0 heterocycles. The highest BCUT2D eigenvalue weighted by Crippen LogP contribution is 2.31. The van der Waals surface area contributed by atoms with Gasteiger partial charge in [-0.15, -0.1) is 0 Å². The molecule has 2 aromatic carbocycles. The molecule has 1 atom stereocenters. The largest absolute Gasteiger partial charge is 0.496 e. The summed E-state index contributed by atoms with van der Waals surface area (Å²) >= 11 is 9.45. The van der Waals surface area contributed by atoms with E-state index in [1.807, 2.05) is 43.3 Å². The molecule has 0 aromatic heterocycles. The smallest absolute Gasteiger partial charge is 0.121 e. The summed E-state index contributed by atoms with van der Waals surface area (Å²) in [7, 11) is 1.66. The topological polar surface area (TPSA) is 35.2 Å². The quantitative estimate of drug-likeness (QED) is 0.895. The van der Waals surface area contributed by atoms with Gasteiger partial charge in [0.15, 0.2) is 0 Å². The van der Waals surface area contributed by atoms with Crippen molar-refractivity contribution in [3.8, 4) is 5.75 Å². The lowest BCUT2D eigenvalue weighted by Crippen LogP contribution is -2.12. The van der Waals surface area contributed by atoms with Crippen molar-refractivity contribution in [3.63, 3.8) is 0 Å². The number of aryl methyl sites for hydroxylation is 1. The van der Waals surface area contributed by atoms with E-state index in [1.165, 1.54) is 0 Å². The van der Waals surface area contributed by atoms with Crippen LogP contribution in [0.5, 0.6) is 5.75 Å². The lowest BCUT2D eigenvalue weighted by atomic mass is 9.98. The molecule has 0 radical (unpaired) electrons. The SMILES string of the molecule is COc1ccc(C(N)c2ccc(Cl)cc2Br)cc1C. The highest BCUT2D eigenvalue weighted by molar-refractivity contribution is 9.10. The van der Waals surface area contributed by atoms with Crippen molar-refractivity contribution in [2.45, 2.75) is 13.0 Å². The van der Waals surface area contributed by atoms with Gasteiger partial charge < -0.3 is 10.5 Å². The second kappa shape index (κ2) is 5.95. The first-order valence-electron chi connectivity index (χ1n) is 5.88. The summed E-state index contributed by atoms with van der Waals surface area (Å²) in [5.41, 5.74) is 9.43. The van der Waals surface area contributed by atoms with Crippen molar-refractivity contribution >= 4 is 27.5 Å². The Hall–Kier alpha value is -1.03. The molecule has 2 nitrogen and oxygen atoms in total. The molecule has 0 aliphatic rings. The third-order valence-corrected chi connectivity index (χ3v) is 4.00. The Kier molecular flexibility index (Phi) is 4.50. The molecule has 0 aliphatic carbocycles. The fourth-order valence-corrected chi connectivity index (χ4v) is 2.96. The summed E-state index contributed by atoms with van der Waals surface area (Å²) in [6.07, 6.45) is 0. The average Bonchev–Trinajstić information content (AvgIpc) is 2.38. The monoisotopic (exact) mass is 339 g/mol. The third-order valence-electron chi connectivity index (χ3n) is 3.08. The van der Waals surface area contributed by atoms with Crippen LogP contribution in [0.2, 0.25) is 5.02 Å². The van der Waals surface area contributed by atoms with E-state index >= 15 is 0 Å². The van der Waals surface area contributed by atoms with Crippen molar-refractivity contribution in [2.75, 3.05) is 7.11 Å². The fourth-order valence-electron chi connectivity index (χ4n) is 2.03. The van der Waals surface area contributed by atoms with Crippen LogP contribution in [-0.4, -0.2) is 7.11 Å². The van der Waals surface area contributed by atoms with Crippen LogP contribution in [0.25, 0.3) is 0 Å². The lowest BCUT2D eigenvalue weighted by molar-refractivity contribution is 0.411. The van der Waals surface area contributed by atoms with Gasteiger partial charge in [0.1, 0.15) is 5.75 Å². The molecule has 2 aromatic rings. The Labute approximate surface area is 126 Å². The van der Waals surface area contributed by atoms with Gasteiger partial charge in [-0.05, 0) is 41.8 Å². The van der Waals surface area contributed by atoms with Gasteiger partial charge in [-0.2, -0.15) is 0 Å². The van der Waals surface area contributed by atoms with E-state index in [2.05, 4.69) is 15.9 Å². The molecular formula is C15H15BrClNO. The molecule has 0 saturated carbocycles. The molecular weight excluding hydrogens is 326 g/mol. The summed E-state index contributed by atoms with van der Waals surface area (Å²) < 4.78 is 6.17. The molecule has 100 valence electrons. The van der Waals surface area contributed by atoms with E-state index in [9.17, 15) is 0 Å². The molecule has 0 saturated heterocycles. The van der Waals surface area contributed by atoms with Crippen molar-refractivity contribution in [2.24, 2.45) is 5.73 Å². The number of hydrogen-bond donors (Lipinski definition) is 1. The van der Waals surface area contributed by atoms with Crippen molar-refractivity contribution in [1.82, 2.24) is 0 Å². The van der Waals surface area contributed by atoms with Crippen molar-refractivity contribution < 1.29 is 4.74 Å². The maximum Gasteiger partial charge on any atom is 0.121 e. The minimum Gasteiger partial charge on any atom is -0.496 e. The van der Waals surface area contributed by atoms with E-state index in [4.69, 9.17) is 22.1 Å². The molecule has 0 aliphatic heterocycles. The van der Waals surface area contributed by atoms with Crippen molar-refractivity contribution in [3.05, 3.63) is 62.6 Å². The Morgan fingerprint density at radius 3 is 2.53 bits per heavy atom. The molecule has 4 heteroatoms. The van der Waals surface area contributed by atoms with Crippen LogP contribution in [0.1, 0.15) is 22.7 Å². The molecule has 2 N–H and O–H groups in total. The van der Waals surface area contributed by atoms with Gasteiger partial charge in [0.25, 0.3) is 0 Å². The van der Waals surface area contributed by atoms with Crippen LogP contribution in [0.3, 0.4) is 0 Å². The van der Waals surface area contributed by atoms with Crippen LogP contribution < -0.4 is 10.5 Å². The summed E-state index contributed by atoms with van der Waals surface area (Å²) in [6, 6.07) is 11.4. The third kappa shape index (κ3) is 3.11. The zero-order valence-electron chi connectivity index (χ0n) is 10.8. The van der Waals surface area contributed by atoms with Gasteiger partial charge in [-0.1, -0.05) is 45.7 Å². The standard InChI is InChI=1S/C15H15BrClNO/c1-9-7-10(3-6-14(9)19-2)15(18)12-5-4-11(17)8-13(12)16/h3-8,15H,18H2,1-2H3. The fraction of sp³-hybridized carbons (Fsp3) is 0.200. The highest BCUT2D eigenvalue weighted by Gasteiger charge is 2.13. The first kappa shape index (κ1) is 14.4. The molecule has 0 spiro atoms. The normalized spacial score (nSPS) is 12.3. The van der Waals surface area contributed by atoms with E-state index in [-0.39, 0.29) is 6.04 Å². The Bertz CT molecular complexity index is 601. The van der Waals surface area contributed by atoms with E-state index in [1.54, 1.807) is 7.11 Å². The zero-order valence-corrected chi connectivity index (χ0v) is 13.1. The molecule has 1 unspecified atom stereocenters. The summed E-state index contributed by atoms with van der Waals surface area (Å²) in [5.74, 6) is 0.867. The average molecular weight is 341 g/mol. The first-order chi connectivity index (χ1) is 9.02. The summed E-state index contributed by atoms with van der Waals surface area (Å²) in [5, 5.41) is 0.689. The van der Waals surface area contributed by atoms with E-state index in [0.29, 0.717) is 5.02 Å². The predicted molar refractivity (Wildman–Crippen MR) is 82.9 cm³/mol. The number of rotatable bonds is 3. The maximum absolute atomic E-state index is 6.31. The van der Waals surface area contributed by atoms with E-state index in [0.717, 1.165) is 26.9 Å². The Morgan fingerprint density at radius 2 is 1.95 bits per heavy atom. The second-order valence-corrected chi connectivity index (χ2v) is 5.66. The minimum atomic E-state index is -0.198. The van der Waals surface area contributed by atoms with Crippen LogP contribution in [0.15, 0.2) is 40.9 Å². The van der Waals surface area contributed by atoms with Crippen LogP contribution in [-0.2, 0) is 0 Å². The molecule has 0 bridgehead atoms. The Morgan fingerprint density at radius 1 is 1.21 bits per heavy atom. The van der Waals surface area contributed by atoms with Crippen LogP contribution in [0, 0.1) is 6.92 Å². The van der Waals surface area contributed by atoms with Gasteiger partial charge in [-0.25, -0.2) is 0 Å². The highest BCUT2D eigenvalue weighted by atomic mass is 79.9. The maximum atomic E-state index is 6.31. The molecule has 19 heavy (non-hydrogen) atoms. The van der Waals surface area contributed by atoms with Gasteiger partial charge in [0.2, 0.25) is 0 Å². The van der Waals surface area contributed by atoms with Crippen LogP contribution >= 0.6 is 27.5 Å². The summed E-state index contributed by atoms with van der Waals surface area (Å²) in [4.78, 5) is 0. The van der Waals surface area contributed by atoms with Crippen molar-refractivity contribution in [1.29, 1.82) is 0 Å². The zero-order chi connectivity index (χ0) is 14.0. The second-order valence-electron chi connectivity index (χ2n) is 4.37. The molecule has 0 fully saturated rings. The van der Waals surface area contributed by atoms with Gasteiger partial charge >= 0.3 is 0 Å². The minimum absolute atomic E-state index is 0.198. The van der Waals surface area contributed by atoms with E-state index < -0.39 is 0 Å². The number of hydrogen-bond acceptors (Lipinski definition) is 2. The summed E-state index contributed by atoms with van der Waals surface area (Å²) in [6.45, 7) is 2.01. The predicted octanol–water partition coefficient (Wildman–Crippen LogP) is 4.47. The first-order valence-corrected chi connectivity index (χ1v) is 7.05. The number of nitrogens with two attached hydrogens (primary N) is 1. The lowest BCUT2D eigenvalue weighted by Gasteiger charge is -2.16. The Balaban J connectivity index is 2.38. The van der Waals surface area contributed by atoms with Gasteiger partial charge in [0, 0.05) is 9.50 Å². The number of benzene rings is 2. The number of halogens is 2. The molecule has 0 amide bonds.